The molecule has 0 radical (unpaired) electrons. The predicted molar refractivity (Wildman–Crippen MR) is 77.7 cm³/mol. The number of fused-ring (bicyclic) bond motifs is 1. The van der Waals surface area contributed by atoms with Crippen molar-refractivity contribution in [2.24, 2.45) is 5.92 Å². The van der Waals surface area contributed by atoms with E-state index >= 15 is 0 Å². The number of likely N-dealkylation sites (tertiary alicyclic amines) is 1. The summed E-state index contributed by atoms with van der Waals surface area (Å²) in [7, 11) is 0. The number of amides is 1. The molecule has 6 nitrogen and oxygen atoms in total. The minimum absolute atomic E-state index is 0.0487. The lowest BCUT2D eigenvalue weighted by atomic mass is 9.89. The summed E-state index contributed by atoms with van der Waals surface area (Å²) in [4.78, 5) is 20.4. The SMILES string of the molecule is O=C([C@H]1C[C@H]2OCC[C@H]2N(Cc2ccco2)C1)N1CCCO1. The fourth-order valence-corrected chi connectivity index (χ4v) is 3.84. The van der Waals surface area contributed by atoms with Crippen molar-refractivity contribution in [2.75, 3.05) is 26.3 Å². The van der Waals surface area contributed by atoms with Gasteiger partial charge in [-0.05, 0) is 31.4 Å². The first kappa shape index (κ1) is 14.2. The fraction of sp³-hybridized carbons (Fsp3) is 0.688. The van der Waals surface area contributed by atoms with Crippen molar-refractivity contribution in [3.05, 3.63) is 24.2 Å². The van der Waals surface area contributed by atoms with Gasteiger partial charge in [0.05, 0.1) is 38.0 Å². The van der Waals surface area contributed by atoms with Gasteiger partial charge in [-0.2, -0.15) is 0 Å². The average Bonchev–Trinajstić information content (AvgIpc) is 3.27. The van der Waals surface area contributed by atoms with Gasteiger partial charge in [0, 0.05) is 19.2 Å². The Morgan fingerprint density at radius 2 is 2.32 bits per heavy atom. The number of hydrogen-bond donors (Lipinski definition) is 0. The van der Waals surface area contributed by atoms with Gasteiger partial charge in [-0.15, -0.1) is 0 Å². The van der Waals surface area contributed by atoms with Crippen LogP contribution in [0, 0.1) is 5.92 Å². The van der Waals surface area contributed by atoms with E-state index < -0.39 is 0 Å². The molecule has 3 saturated heterocycles. The quantitative estimate of drug-likeness (QED) is 0.845. The Hall–Kier alpha value is -1.37. The van der Waals surface area contributed by atoms with Crippen molar-refractivity contribution in [3.8, 4) is 0 Å². The van der Waals surface area contributed by atoms with Gasteiger partial charge in [-0.1, -0.05) is 0 Å². The van der Waals surface area contributed by atoms with E-state index in [4.69, 9.17) is 14.0 Å². The highest BCUT2D eigenvalue weighted by molar-refractivity contribution is 5.78. The molecule has 0 spiro atoms. The second-order valence-electron chi connectivity index (χ2n) is 6.33. The molecule has 3 fully saturated rings. The third-order valence-electron chi connectivity index (χ3n) is 4.90. The molecule has 22 heavy (non-hydrogen) atoms. The Morgan fingerprint density at radius 3 is 3.09 bits per heavy atom. The van der Waals surface area contributed by atoms with Crippen LogP contribution < -0.4 is 0 Å². The molecule has 0 bridgehead atoms. The number of rotatable bonds is 3. The second kappa shape index (κ2) is 6.02. The van der Waals surface area contributed by atoms with Crippen molar-refractivity contribution in [1.82, 2.24) is 9.96 Å². The topological polar surface area (TPSA) is 55.2 Å². The third kappa shape index (κ3) is 2.66. The lowest BCUT2D eigenvalue weighted by molar-refractivity contribution is -0.177. The van der Waals surface area contributed by atoms with E-state index in [9.17, 15) is 4.79 Å². The molecule has 3 aliphatic rings. The van der Waals surface area contributed by atoms with Gasteiger partial charge in [-0.25, -0.2) is 5.06 Å². The Kier molecular flexibility index (Phi) is 3.90. The van der Waals surface area contributed by atoms with Crippen molar-refractivity contribution < 1.29 is 18.8 Å². The minimum Gasteiger partial charge on any atom is -0.468 e. The summed E-state index contributed by atoms with van der Waals surface area (Å²) in [6, 6.07) is 4.29. The first-order valence-corrected chi connectivity index (χ1v) is 8.13. The van der Waals surface area contributed by atoms with Gasteiger partial charge in [-0.3, -0.25) is 14.5 Å². The van der Waals surface area contributed by atoms with Gasteiger partial charge < -0.3 is 9.15 Å². The zero-order valence-electron chi connectivity index (χ0n) is 12.6. The number of hydroxylamine groups is 2. The highest BCUT2D eigenvalue weighted by Crippen LogP contribution is 2.33. The van der Waals surface area contributed by atoms with E-state index in [1.54, 1.807) is 11.3 Å². The molecular weight excluding hydrogens is 284 g/mol. The molecule has 3 aliphatic heterocycles. The molecule has 6 heteroatoms. The van der Waals surface area contributed by atoms with Crippen LogP contribution in [0.3, 0.4) is 0 Å². The van der Waals surface area contributed by atoms with Crippen LogP contribution in [0.2, 0.25) is 0 Å². The van der Waals surface area contributed by atoms with E-state index in [0.29, 0.717) is 19.2 Å². The number of hydrogen-bond acceptors (Lipinski definition) is 5. The molecule has 0 saturated carbocycles. The summed E-state index contributed by atoms with van der Waals surface area (Å²) in [5.74, 6) is 1.000. The minimum atomic E-state index is -0.0487. The summed E-state index contributed by atoms with van der Waals surface area (Å²) in [6.45, 7) is 3.64. The number of furan rings is 1. The van der Waals surface area contributed by atoms with Crippen LogP contribution in [0.5, 0.6) is 0 Å². The summed E-state index contributed by atoms with van der Waals surface area (Å²) in [5.41, 5.74) is 0. The molecule has 4 heterocycles. The van der Waals surface area contributed by atoms with Crippen molar-refractivity contribution in [2.45, 2.75) is 38.0 Å². The van der Waals surface area contributed by atoms with Crippen LogP contribution in [0.25, 0.3) is 0 Å². The molecule has 1 aromatic heterocycles. The van der Waals surface area contributed by atoms with Crippen LogP contribution in [0.15, 0.2) is 22.8 Å². The van der Waals surface area contributed by atoms with E-state index in [-0.39, 0.29) is 17.9 Å². The van der Waals surface area contributed by atoms with Gasteiger partial charge in [0.15, 0.2) is 0 Å². The van der Waals surface area contributed by atoms with Gasteiger partial charge >= 0.3 is 0 Å². The number of carbonyl (C=O) groups is 1. The maximum atomic E-state index is 12.6. The van der Waals surface area contributed by atoms with Crippen molar-refractivity contribution in [1.29, 1.82) is 0 Å². The maximum absolute atomic E-state index is 12.6. The van der Waals surface area contributed by atoms with Crippen molar-refractivity contribution >= 4 is 5.91 Å². The summed E-state index contributed by atoms with van der Waals surface area (Å²) in [5, 5.41) is 1.55. The lowest BCUT2D eigenvalue weighted by Gasteiger charge is -2.40. The molecule has 0 aliphatic carbocycles. The molecule has 4 rings (SSSR count). The van der Waals surface area contributed by atoms with E-state index in [0.717, 1.165) is 44.7 Å². The van der Waals surface area contributed by atoms with Crippen molar-refractivity contribution in [3.63, 3.8) is 0 Å². The summed E-state index contributed by atoms with van der Waals surface area (Å²) >= 11 is 0. The smallest absolute Gasteiger partial charge is 0.250 e. The molecule has 0 aromatic carbocycles. The largest absolute Gasteiger partial charge is 0.468 e. The third-order valence-corrected chi connectivity index (χ3v) is 4.90. The average molecular weight is 306 g/mol. The first-order valence-electron chi connectivity index (χ1n) is 8.13. The summed E-state index contributed by atoms with van der Waals surface area (Å²) < 4.78 is 11.3. The van der Waals surface area contributed by atoms with Gasteiger partial charge in [0.25, 0.3) is 5.91 Å². The molecule has 120 valence electrons. The lowest BCUT2D eigenvalue weighted by Crippen LogP contribution is -2.52. The van der Waals surface area contributed by atoms with Crippen LogP contribution in [-0.2, 0) is 20.9 Å². The Labute approximate surface area is 129 Å². The highest BCUT2D eigenvalue weighted by atomic mass is 16.7. The molecular formula is C16H22N2O4. The van der Waals surface area contributed by atoms with E-state index in [1.165, 1.54) is 0 Å². The standard InChI is InChI=1S/C16H22N2O4/c19-16(18-5-2-7-22-18)12-9-15-14(4-8-21-15)17(10-12)11-13-3-1-6-20-13/h1,3,6,12,14-15H,2,4-5,7-11H2/t12-,14+,15+/m0/s1. The normalized spacial score (nSPS) is 32.4. The van der Waals surface area contributed by atoms with Crippen LogP contribution in [-0.4, -0.2) is 54.3 Å². The fourth-order valence-electron chi connectivity index (χ4n) is 3.84. The number of carbonyl (C=O) groups excluding carboxylic acids is 1. The van der Waals surface area contributed by atoms with Gasteiger partial charge in [0.2, 0.25) is 0 Å². The molecule has 1 amide bonds. The zero-order valence-corrected chi connectivity index (χ0v) is 12.6. The molecule has 1 aromatic rings. The number of ether oxygens (including phenoxy) is 1. The number of nitrogens with zero attached hydrogens (tertiary/aromatic N) is 2. The Bertz CT molecular complexity index is 512. The zero-order chi connectivity index (χ0) is 14.9. The van der Waals surface area contributed by atoms with E-state index in [1.807, 2.05) is 12.1 Å². The molecule has 3 atom stereocenters. The second-order valence-corrected chi connectivity index (χ2v) is 6.33. The maximum Gasteiger partial charge on any atom is 0.250 e. The van der Waals surface area contributed by atoms with Gasteiger partial charge in [0.1, 0.15) is 5.76 Å². The monoisotopic (exact) mass is 306 g/mol. The van der Waals surface area contributed by atoms with E-state index in [2.05, 4.69) is 4.90 Å². The Balaban J connectivity index is 1.48. The van der Waals surface area contributed by atoms with Crippen LogP contribution in [0.4, 0.5) is 0 Å². The Morgan fingerprint density at radius 1 is 1.36 bits per heavy atom. The van der Waals surface area contributed by atoms with Crippen LogP contribution in [0.1, 0.15) is 25.0 Å². The molecule has 0 N–H and O–H groups in total. The highest BCUT2D eigenvalue weighted by Gasteiger charge is 2.43. The predicted octanol–water partition coefficient (Wildman–Crippen LogP) is 1.42. The van der Waals surface area contributed by atoms with Crippen LogP contribution >= 0.6 is 0 Å². The molecule has 0 unspecified atom stereocenters. The first-order chi connectivity index (χ1) is 10.8. The summed E-state index contributed by atoms with van der Waals surface area (Å²) in [6.07, 6.45) is 4.62. The number of piperidine rings is 1.